The fourth-order valence-electron chi connectivity index (χ4n) is 4.03. The van der Waals surface area contributed by atoms with Crippen molar-refractivity contribution in [2.24, 2.45) is 0 Å². The first-order valence-electron chi connectivity index (χ1n) is 13.1. The van der Waals surface area contributed by atoms with Crippen molar-refractivity contribution >= 4 is 17.8 Å². The number of amides is 2. The number of H-pyrrole nitrogens is 1. The second kappa shape index (κ2) is 15.4. The van der Waals surface area contributed by atoms with Gasteiger partial charge in [0.2, 0.25) is 0 Å². The van der Waals surface area contributed by atoms with E-state index in [2.05, 4.69) is 46.7 Å². The van der Waals surface area contributed by atoms with Crippen molar-refractivity contribution in [2.75, 3.05) is 25.4 Å². The lowest BCUT2D eigenvalue weighted by Crippen LogP contribution is -2.43. The van der Waals surface area contributed by atoms with Crippen molar-refractivity contribution in [2.45, 2.75) is 63.6 Å². The van der Waals surface area contributed by atoms with Crippen LogP contribution in [-0.4, -0.2) is 57.5 Å². The zero-order chi connectivity index (χ0) is 25.6. The van der Waals surface area contributed by atoms with Gasteiger partial charge in [0, 0.05) is 42.6 Å². The number of carbonyl (C=O) groups is 1. The molecule has 1 aromatic heterocycles. The number of aliphatic hydroxyl groups is 1. The van der Waals surface area contributed by atoms with Crippen LogP contribution in [0.1, 0.15) is 52.4 Å². The van der Waals surface area contributed by atoms with Crippen LogP contribution in [0.3, 0.4) is 0 Å². The summed E-state index contributed by atoms with van der Waals surface area (Å²) in [7, 11) is 0. The summed E-state index contributed by atoms with van der Waals surface area (Å²) in [6.45, 7) is 5.69. The number of hydrogen-bond donors (Lipinski definition) is 3. The minimum atomic E-state index is 0.0147. The maximum atomic E-state index is 12.5. The maximum Gasteiger partial charge on any atom is 0.317 e. The maximum absolute atomic E-state index is 12.5. The molecule has 0 bridgehead atoms. The van der Waals surface area contributed by atoms with Gasteiger partial charge >= 0.3 is 6.03 Å². The second-order valence-corrected chi connectivity index (χ2v) is 10.4. The Balaban J connectivity index is 1.50. The van der Waals surface area contributed by atoms with Gasteiger partial charge < -0.3 is 20.3 Å². The third-order valence-electron chi connectivity index (χ3n) is 5.89. The van der Waals surface area contributed by atoms with Crippen molar-refractivity contribution in [1.82, 2.24) is 20.2 Å². The Morgan fingerprint density at radius 1 is 0.917 bits per heavy atom. The van der Waals surface area contributed by atoms with Crippen LogP contribution >= 0.6 is 11.8 Å². The molecular formula is C29H40N4O2S. The number of hydrogen-bond acceptors (Lipinski definition) is 4. The zero-order valence-corrected chi connectivity index (χ0v) is 22.4. The van der Waals surface area contributed by atoms with Crippen LogP contribution in [0.4, 0.5) is 4.79 Å². The van der Waals surface area contributed by atoms with E-state index in [1.54, 1.807) is 11.8 Å². The molecule has 0 saturated carbocycles. The molecular weight excluding hydrogens is 468 g/mol. The van der Waals surface area contributed by atoms with Crippen LogP contribution in [0.15, 0.2) is 65.8 Å². The number of aromatic amines is 1. The van der Waals surface area contributed by atoms with Crippen LogP contribution in [0.25, 0.3) is 22.5 Å². The fourth-order valence-corrected chi connectivity index (χ4v) is 4.91. The Morgan fingerprint density at radius 2 is 1.53 bits per heavy atom. The van der Waals surface area contributed by atoms with Gasteiger partial charge in [0.25, 0.3) is 0 Å². The first kappa shape index (κ1) is 27.8. The summed E-state index contributed by atoms with van der Waals surface area (Å²) in [6, 6.07) is 20.8. The highest BCUT2D eigenvalue weighted by atomic mass is 32.2. The van der Waals surface area contributed by atoms with E-state index in [0.717, 1.165) is 85.0 Å². The lowest BCUT2D eigenvalue weighted by Gasteiger charge is -2.24. The van der Waals surface area contributed by atoms with Gasteiger partial charge in [0.1, 0.15) is 0 Å². The van der Waals surface area contributed by atoms with E-state index in [9.17, 15) is 4.79 Å². The van der Waals surface area contributed by atoms with Crippen molar-refractivity contribution in [3.8, 4) is 22.5 Å². The van der Waals surface area contributed by atoms with E-state index in [4.69, 9.17) is 10.1 Å². The smallest absolute Gasteiger partial charge is 0.317 e. The highest BCUT2D eigenvalue weighted by Crippen LogP contribution is 2.32. The molecule has 0 fully saturated rings. The Kier molecular flexibility index (Phi) is 11.9. The third-order valence-corrected chi connectivity index (χ3v) is 6.85. The quantitative estimate of drug-likeness (QED) is 0.160. The minimum Gasteiger partial charge on any atom is -0.396 e. The highest BCUT2D eigenvalue weighted by Gasteiger charge is 2.15. The zero-order valence-electron chi connectivity index (χ0n) is 21.6. The second-order valence-electron chi connectivity index (χ2n) is 9.28. The monoisotopic (exact) mass is 508 g/mol. The summed E-state index contributed by atoms with van der Waals surface area (Å²) < 4.78 is 0. The number of nitrogens with zero attached hydrogens (tertiary/aromatic N) is 2. The van der Waals surface area contributed by atoms with Crippen molar-refractivity contribution in [3.63, 3.8) is 0 Å². The summed E-state index contributed by atoms with van der Waals surface area (Å²) >= 11 is 1.75. The fraction of sp³-hybridized carbons (Fsp3) is 0.448. The van der Waals surface area contributed by atoms with Gasteiger partial charge in [-0.1, -0.05) is 78.8 Å². The molecule has 0 aliphatic heterocycles. The molecule has 3 rings (SSSR count). The Bertz CT molecular complexity index is 967. The number of carbonyl (C=O) groups excluding carboxylic acids is 1. The standard InChI is InChI=1S/C29H40N4O2S/c1-23(2)30-29(35)33(19-11-5-13-21-34)20-12-6-14-22-36-28-31-26(24-15-7-3-8-16-24)27(32-28)25-17-9-4-10-18-25/h3-4,7-10,15-18,23,34H,5-6,11-14,19-22H2,1-2H3,(H,30,35)(H,31,32). The topological polar surface area (TPSA) is 81.2 Å². The van der Waals surface area contributed by atoms with E-state index < -0.39 is 0 Å². The number of benzene rings is 2. The summed E-state index contributed by atoms with van der Waals surface area (Å²) in [6.07, 6.45) is 5.77. The average Bonchev–Trinajstić information content (AvgIpc) is 3.32. The number of aliphatic hydroxyl groups excluding tert-OH is 1. The molecule has 3 aromatic rings. The van der Waals surface area contributed by atoms with Gasteiger partial charge in [-0.3, -0.25) is 0 Å². The number of thioether (sulfide) groups is 1. The van der Waals surface area contributed by atoms with Gasteiger partial charge in [0.15, 0.2) is 5.16 Å². The average molecular weight is 509 g/mol. The molecule has 0 unspecified atom stereocenters. The van der Waals surface area contributed by atoms with E-state index in [0.29, 0.717) is 0 Å². The molecule has 0 aliphatic rings. The SMILES string of the molecule is CC(C)NC(=O)N(CCCCCO)CCCCCSc1nc(-c2ccccc2)c(-c2ccccc2)[nH]1. The lowest BCUT2D eigenvalue weighted by molar-refractivity contribution is 0.192. The Labute approximate surface area is 219 Å². The van der Waals surface area contributed by atoms with E-state index in [-0.39, 0.29) is 18.7 Å². The van der Waals surface area contributed by atoms with Gasteiger partial charge in [-0.25, -0.2) is 9.78 Å². The van der Waals surface area contributed by atoms with E-state index in [1.165, 1.54) is 0 Å². The van der Waals surface area contributed by atoms with Crippen molar-refractivity contribution in [3.05, 3.63) is 60.7 Å². The number of imidazole rings is 1. The summed E-state index contributed by atoms with van der Waals surface area (Å²) in [5.74, 6) is 0.977. The molecule has 0 aliphatic carbocycles. The molecule has 36 heavy (non-hydrogen) atoms. The first-order chi connectivity index (χ1) is 17.6. The van der Waals surface area contributed by atoms with Crippen molar-refractivity contribution in [1.29, 1.82) is 0 Å². The molecule has 7 heteroatoms. The molecule has 194 valence electrons. The van der Waals surface area contributed by atoms with E-state index >= 15 is 0 Å². The molecule has 0 radical (unpaired) electrons. The van der Waals surface area contributed by atoms with Crippen LogP contribution in [0.5, 0.6) is 0 Å². The van der Waals surface area contributed by atoms with Crippen LogP contribution in [0, 0.1) is 0 Å². The lowest BCUT2D eigenvalue weighted by atomic mass is 10.1. The Hall–Kier alpha value is -2.77. The van der Waals surface area contributed by atoms with Crippen LogP contribution in [-0.2, 0) is 0 Å². The highest BCUT2D eigenvalue weighted by molar-refractivity contribution is 7.99. The molecule has 0 atom stereocenters. The number of rotatable bonds is 15. The van der Waals surface area contributed by atoms with Gasteiger partial charge in [-0.2, -0.15) is 0 Å². The van der Waals surface area contributed by atoms with Crippen molar-refractivity contribution < 1.29 is 9.90 Å². The number of nitrogens with one attached hydrogen (secondary N) is 2. The molecule has 1 heterocycles. The predicted octanol–water partition coefficient (Wildman–Crippen LogP) is 6.59. The Morgan fingerprint density at radius 3 is 2.14 bits per heavy atom. The number of unbranched alkanes of at least 4 members (excludes halogenated alkanes) is 4. The van der Waals surface area contributed by atoms with Gasteiger partial charge in [0.05, 0.1) is 11.4 Å². The molecule has 3 N–H and O–H groups in total. The molecule has 0 saturated heterocycles. The third kappa shape index (κ3) is 9.03. The summed E-state index contributed by atoms with van der Waals surface area (Å²) in [5, 5.41) is 12.9. The molecule has 0 spiro atoms. The predicted molar refractivity (Wildman–Crippen MR) is 150 cm³/mol. The first-order valence-corrected chi connectivity index (χ1v) is 14.1. The van der Waals surface area contributed by atoms with Crippen LogP contribution < -0.4 is 5.32 Å². The van der Waals surface area contributed by atoms with E-state index in [1.807, 2.05) is 43.0 Å². The summed E-state index contributed by atoms with van der Waals surface area (Å²) in [4.78, 5) is 22.9. The largest absolute Gasteiger partial charge is 0.396 e. The normalized spacial score (nSPS) is 11.1. The van der Waals surface area contributed by atoms with Crippen LogP contribution in [0.2, 0.25) is 0 Å². The molecule has 2 aromatic carbocycles. The number of aromatic nitrogens is 2. The molecule has 6 nitrogen and oxygen atoms in total. The number of urea groups is 1. The summed E-state index contributed by atoms with van der Waals surface area (Å²) in [5.41, 5.74) is 4.28. The molecule has 2 amide bonds. The van der Waals surface area contributed by atoms with Gasteiger partial charge in [-0.05, 0) is 46.0 Å². The van der Waals surface area contributed by atoms with Gasteiger partial charge in [-0.15, -0.1) is 0 Å². The minimum absolute atomic E-state index is 0.0147.